The monoisotopic (exact) mass is 397 g/mol. The first kappa shape index (κ1) is 19.9. The molecule has 0 radical (unpaired) electrons. The number of hydrogen-bond acceptors (Lipinski definition) is 5. The topological polar surface area (TPSA) is 64.8 Å². The summed E-state index contributed by atoms with van der Waals surface area (Å²) in [5, 5.41) is 7.19. The van der Waals surface area contributed by atoms with E-state index in [4.69, 9.17) is 4.52 Å². The van der Waals surface area contributed by atoms with Gasteiger partial charge in [-0.1, -0.05) is 35.5 Å². The predicted molar refractivity (Wildman–Crippen MR) is 111 cm³/mol. The zero-order chi connectivity index (χ0) is 20.1. The van der Waals surface area contributed by atoms with Crippen LogP contribution in [0, 0.1) is 6.92 Å². The Labute approximate surface area is 172 Å². The van der Waals surface area contributed by atoms with E-state index in [1.807, 2.05) is 17.9 Å². The molecule has 2 aliphatic rings. The highest BCUT2D eigenvalue weighted by Crippen LogP contribution is 2.15. The molecule has 0 atom stereocenters. The van der Waals surface area contributed by atoms with Crippen LogP contribution in [0.15, 0.2) is 40.9 Å². The molecule has 2 aliphatic heterocycles. The van der Waals surface area contributed by atoms with Crippen LogP contribution in [0.2, 0.25) is 0 Å². The highest BCUT2D eigenvalue weighted by molar-refractivity contribution is 5.74. The van der Waals surface area contributed by atoms with E-state index in [9.17, 15) is 4.79 Å². The van der Waals surface area contributed by atoms with Crippen molar-refractivity contribution < 1.29 is 9.32 Å². The molecule has 2 amide bonds. The van der Waals surface area contributed by atoms with Gasteiger partial charge in [0.25, 0.3) is 0 Å². The molecule has 156 valence electrons. The zero-order valence-corrected chi connectivity index (χ0v) is 17.2. The second kappa shape index (κ2) is 9.41. The van der Waals surface area contributed by atoms with Crippen LogP contribution >= 0.6 is 0 Å². The minimum Gasteiger partial charge on any atom is -0.360 e. The second-order valence-corrected chi connectivity index (χ2v) is 8.18. The fourth-order valence-corrected chi connectivity index (χ4v) is 4.16. The number of rotatable bonds is 5. The molecule has 0 saturated carbocycles. The number of piperazine rings is 1. The SMILES string of the molecule is Cc1cc(CN2CCN(C(=O)NC3CCN(Cc4ccccc4)CC3)CC2)on1. The van der Waals surface area contributed by atoms with Gasteiger partial charge in [-0.2, -0.15) is 0 Å². The molecule has 3 heterocycles. The van der Waals surface area contributed by atoms with Crippen LogP contribution in [-0.2, 0) is 13.1 Å². The van der Waals surface area contributed by atoms with Crippen LogP contribution in [0.1, 0.15) is 29.9 Å². The number of hydrogen-bond donors (Lipinski definition) is 1. The summed E-state index contributed by atoms with van der Waals surface area (Å²) in [7, 11) is 0. The first-order valence-electron chi connectivity index (χ1n) is 10.6. The Bertz CT molecular complexity index is 778. The largest absolute Gasteiger partial charge is 0.360 e. The average Bonchev–Trinajstić information content (AvgIpc) is 3.15. The molecular formula is C22H31N5O2. The van der Waals surface area contributed by atoms with Crippen molar-refractivity contribution in [2.75, 3.05) is 39.3 Å². The van der Waals surface area contributed by atoms with Gasteiger partial charge in [-0.25, -0.2) is 4.79 Å². The van der Waals surface area contributed by atoms with Crippen LogP contribution in [0.25, 0.3) is 0 Å². The molecule has 4 rings (SSSR count). The summed E-state index contributed by atoms with van der Waals surface area (Å²) in [5.74, 6) is 0.891. The highest BCUT2D eigenvalue weighted by atomic mass is 16.5. The van der Waals surface area contributed by atoms with Gasteiger partial charge in [0.05, 0.1) is 12.2 Å². The van der Waals surface area contributed by atoms with E-state index >= 15 is 0 Å². The number of amides is 2. The molecule has 2 aromatic rings. The number of nitrogens with zero attached hydrogens (tertiary/aromatic N) is 4. The summed E-state index contributed by atoms with van der Waals surface area (Å²) in [4.78, 5) is 19.4. The van der Waals surface area contributed by atoms with Crippen LogP contribution in [0.3, 0.4) is 0 Å². The lowest BCUT2D eigenvalue weighted by Crippen LogP contribution is -2.54. The van der Waals surface area contributed by atoms with Crippen molar-refractivity contribution in [1.29, 1.82) is 0 Å². The third-order valence-electron chi connectivity index (χ3n) is 5.88. The van der Waals surface area contributed by atoms with Gasteiger partial charge in [0, 0.05) is 57.9 Å². The first-order valence-corrected chi connectivity index (χ1v) is 10.6. The minimum atomic E-state index is 0.0849. The number of carbonyl (C=O) groups excluding carboxylic acids is 1. The molecule has 1 aromatic heterocycles. The van der Waals surface area contributed by atoms with Gasteiger partial charge in [0.1, 0.15) is 0 Å². The third kappa shape index (κ3) is 5.58. The predicted octanol–water partition coefficient (Wildman–Crippen LogP) is 2.47. The Morgan fingerprint density at radius 2 is 1.72 bits per heavy atom. The fraction of sp³-hybridized carbons (Fsp3) is 0.545. The molecule has 0 aliphatic carbocycles. The van der Waals surface area contributed by atoms with Crippen molar-refractivity contribution in [3.63, 3.8) is 0 Å². The van der Waals surface area contributed by atoms with Gasteiger partial charge in [-0.05, 0) is 25.3 Å². The molecule has 0 unspecified atom stereocenters. The zero-order valence-electron chi connectivity index (χ0n) is 17.2. The lowest BCUT2D eigenvalue weighted by molar-refractivity contribution is 0.121. The van der Waals surface area contributed by atoms with E-state index in [0.29, 0.717) is 0 Å². The summed E-state index contributed by atoms with van der Waals surface area (Å²) < 4.78 is 5.30. The molecule has 29 heavy (non-hydrogen) atoms. The lowest BCUT2D eigenvalue weighted by atomic mass is 10.0. The van der Waals surface area contributed by atoms with Crippen molar-refractivity contribution in [1.82, 2.24) is 25.2 Å². The van der Waals surface area contributed by atoms with Crippen LogP contribution in [-0.4, -0.2) is 71.2 Å². The maximum absolute atomic E-state index is 12.7. The van der Waals surface area contributed by atoms with Gasteiger partial charge >= 0.3 is 6.03 Å². The van der Waals surface area contributed by atoms with Gasteiger partial charge in [-0.3, -0.25) is 9.80 Å². The molecule has 0 spiro atoms. The molecule has 0 bridgehead atoms. The van der Waals surface area contributed by atoms with E-state index in [2.05, 4.69) is 50.6 Å². The molecule has 2 saturated heterocycles. The molecule has 1 aromatic carbocycles. The standard InChI is InChI=1S/C22H31N5O2/c1-18-15-21(29-24-18)17-26-11-13-27(14-12-26)22(28)23-20-7-9-25(10-8-20)16-19-5-3-2-4-6-19/h2-6,15,20H,7-14,16-17H2,1H3,(H,23,28). The van der Waals surface area contributed by atoms with Gasteiger partial charge in [0.2, 0.25) is 0 Å². The number of likely N-dealkylation sites (tertiary alicyclic amines) is 1. The van der Waals surface area contributed by atoms with Crippen molar-refractivity contribution in [2.24, 2.45) is 0 Å². The van der Waals surface area contributed by atoms with E-state index in [1.165, 1.54) is 5.56 Å². The van der Waals surface area contributed by atoms with E-state index < -0.39 is 0 Å². The Balaban J connectivity index is 1.16. The van der Waals surface area contributed by atoms with Crippen LogP contribution in [0.5, 0.6) is 0 Å². The average molecular weight is 398 g/mol. The number of carbonyl (C=O) groups is 1. The molecule has 2 fully saturated rings. The number of nitrogens with one attached hydrogen (secondary N) is 1. The van der Waals surface area contributed by atoms with Gasteiger partial charge < -0.3 is 14.7 Å². The Kier molecular flexibility index (Phi) is 6.46. The van der Waals surface area contributed by atoms with Crippen molar-refractivity contribution in [3.8, 4) is 0 Å². The van der Waals surface area contributed by atoms with Gasteiger partial charge in [-0.15, -0.1) is 0 Å². The Morgan fingerprint density at radius 3 is 2.38 bits per heavy atom. The molecule has 7 nitrogen and oxygen atoms in total. The summed E-state index contributed by atoms with van der Waals surface area (Å²) in [5.41, 5.74) is 2.26. The summed E-state index contributed by atoms with van der Waals surface area (Å²) in [6.45, 7) is 8.99. The number of piperidine rings is 1. The van der Waals surface area contributed by atoms with E-state index in [-0.39, 0.29) is 12.1 Å². The third-order valence-corrected chi connectivity index (χ3v) is 5.88. The van der Waals surface area contributed by atoms with E-state index in [0.717, 1.165) is 76.7 Å². The quantitative estimate of drug-likeness (QED) is 0.840. The fourth-order valence-electron chi connectivity index (χ4n) is 4.16. The van der Waals surface area contributed by atoms with E-state index in [1.54, 1.807) is 0 Å². The Hall–Kier alpha value is -2.38. The van der Waals surface area contributed by atoms with Gasteiger partial charge in [0.15, 0.2) is 5.76 Å². The highest BCUT2D eigenvalue weighted by Gasteiger charge is 2.25. The number of urea groups is 1. The summed E-state index contributed by atoms with van der Waals surface area (Å²) in [6, 6.07) is 12.9. The number of aryl methyl sites for hydroxylation is 1. The molecule has 7 heteroatoms. The summed E-state index contributed by atoms with van der Waals surface area (Å²) in [6.07, 6.45) is 2.03. The lowest BCUT2D eigenvalue weighted by Gasteiger charge is -2.37. The molecular weight excluding hydrogens is 366 g/mol. The number of benzene rings is 1. The normalized spacial score (nSPS) is 19.4. The summed E-state index contributed by atoms with van der Waals surface area (Å²) >= 11 is 0. The maximum Gasteiger partial charge on any atom is 0.317 e. The van der Waals surface area contributed by atoms with Crippen LogP contribution < -0.4 is 5.32 Å². The smallest absolute Gasteiger partial charge is 0.317 e. The maximum atomic E-state index is 12.7. The number of aromatic nitrogens is 1. The molecule has 1 N–H and O–H groups in total. The van der Waals surface area contributed by atoms with Crippen LogP contribution in [0.4, 0.5) is 4.79 Å². The first-order chi connectivity index (χ1) is 14.2. The van der Waals surface area contributed by atoms with Crippen molar-refractivity contribution in [3.05, 3.63) is 53.4 Å². The second-order valence-electron chi connectivity index (χ2n) is 8.18. The minimum absolute atomic E-state index is 0.0849. The van der Waals surface area contributed by atoms with Crippen molar-refractivity contribution >= 4 is 6.03 Å². The Morgan fingerprint density at radius 1 is 1.03 bits per heavy atom. The van der Waals surface area contributed by atoms with Crippen molar-refractivity contribution in [2.45, 2.75) is 38.9 Å².